The SMILES string of the molecule is Cc1cc(OCCN(C)C)ccc1C#CCCl. The molecular formula is C14H18ClNO. The second kappa shape index (κ2) is 7.21. The van der Waals surface area contributed by atoms with Crippen LogP contribution in [0.15, 0.2) is 18.2 Å². The van der Waals surface area contributed by atoms with Gasteiger partial charge in [-0.1, -0.05) is 11.8 Å². The monoisotopic (exact) mass is 251 g/mol. The Labute approximate surface area is 109 Å². The highest BCUT2D eigenvalue weighted by Gasteiger charge is 1.99. The van der Waals surface area contributed by atoms with Gasteiger partial charge in [0.2, 0.25) is 0 Å². The molecular weight excluding hydrogens is 234 g/mol. The van der Waals surface area contributed by atoms with Gasteiger partial charge in [-0.2, -0.15) is 0 Å². The van der Waals surface area contributed by atoms with Crippen molar-refractivity contribution in [1.82, 2.24) is 4.90 Å². The first-order valence-electron chi connectivity index (χ1n) is 5.56. The number of alkyl halides is 1. The maximum atomic E-state index is 5.64. The minimum absolute atomic E-state index is 0.362. The Morgan fingerprint density at radius 3 is 2.71 bits per heavy atom. The minimum atomic E-state index is 0.362. The number of hydrogen-bond donors (Lipinski definition) is 0. The third-order valence-corrected chi connectivity index (χ3v) is 2.43. The van der Waals surface area contributed by atoms with Crippen molar-refractivity contribution >= 4 is 11.6 Å². The van der Waals surface area contributed by atoms with Crippen molar-refractivity contribution in [3.63, 3.8) is 0 Å². The van der Waals surface area contributed by atoms with Crippen LogP contribution in [0.5, 0.6) is 5.75 Å². The summed E-state index contributed by atoms with van der Waals surface area (Å²) in [7, 11) is 4.05. The standard InChI is InChI=1S/C14H18ClNO/c1-12-11-14(17-10-9-16(2)3)7-6-13(12)5-4-8-15/h6-7,11H,8-10H2,1-3H3. The first kappa shape index (κ1) is 13.9. The van der Waals surface area contributed by atoms with Crippen molar-refractivity contribution in [2.45, 2.75) is 6.92 Å². The van der Waals surface area contributed by atoms with Gasteiger partial charge in [-0.25, -0.2) is 0 Å². The van der Waals surface area contributed by atoms with E-state index in [4.69, 9.17) is 16.3 Å². The molecule has 0 atom stereocenters. The van der Waals surface area contributed by atoms with E-state index in [-0.39, 0.29) is 0 Å². The molecule has 0 bridgehead atoms. The fourth-order valence-corrected chi connectivity index (χ4v) is 1.41. The molecule has 17 heavy (non-hydrogen) atoms. The fraction of sp³-hybridized carbons (Fsp3) is 0.429. The highest BCUT2D eigenvalue weighted by atomic mass is 35.5. The molecule has 0 aliphatic rings. The largest absolute Gasteiger partial charge is 0.492 e. The third kappa shape index (κ3) is 5.12. The summed E-state index contributed by atoms with van der Waals surface area (Å²) < 4.78 is 5.64. The van der Waals surface area contributed by atoms with Crippen LogP contribution in [0, 0.1) is 18.8 Å². The smallest absolute Gasteiger partial charge is 0.119 e. The Balaban J connectivity index is 2.62. The quantitative estimate of drug-likeness (QED) is 0.602. The minimum Gasteiger partial charge on any atom is -0.492 e. The summed E-state index contributed by atoms with van der Waals surface area (Å²) in [6.07, 6.45) is 0. The second-order valence-corrected chi connectivity index (χ2v) is 4.33. The molecule has 0 fully saturated rings. The zero-order valence-corrected chi connectivity index (χ0v) is 11.3. The van der Waals surface area contributed by atoms with E-state index in [1.54, 1.807) is 0 Å². The number of hydrogen-bond acceptors (Lipinski definition) is 2. The fourth-order valence-electron chi connectivity index (χ4n) is 1.34. The van der Waals surface area contributed by atoms with Crippen molar-refractivity contribution in [1.29, 1.82) is 0 Å². The lowest BCUT2D eigenvalue weighted by Gasteiger charge is -2.11. The van der Waals surface area contributed by atoms with E-state index in [2.05, 4.69) is 16.7 Å². The van der Waals surface area contributed by atoms with Crippen LogP contribution in [0.3, 0.4) is 0 Å². The predicted octanol–water partition coefficient (Wildman–Crippen LogP) is 2.53. The van der Waals surface area contributed by atoms with Crippen LogP contribution >= 0.6 is 11.6 Å². The predicted molar refractivity (Wildman–Crippen MR) is 72.8 cm³/mol. The molecule has 0 N–H and O–H groups in total. The Morgan fingerprint density at radius 2 is 2.12 bits per heavy atom. The molecule has 0 radical (unpaired) electrons. The first-order valence-corrected chi connectivity index (χ1v) is 6.10. The second-order valence-electron chi connectivity index (χ2n) is 4.06. The normalized spacial score (nSPS) is 9.94. The molecule has 1 aromatic carbocycles. The number of ether oxygens (including phenoxy) is 1. The van der Waals surface area contributed by atoms with Crippen molar-refractivity contribution in [3.05, 3.63) is 29.3 Å². The molecule has 3 heteroatoms. The molecule has 0 aromatic heterocycles. The summed E-state index contributed by atoms with van der Waals surface area (Å²) in [4.78, 5) is 2.09. The van der Waals surface area contributed by atoms with Gasteiger partial charge >= 0.3 is 0 Å². The van der Waals surface area contributed by atoms with Crippen LogP contribution in [0.25, 0.3) is 0 Å². The average Bonchev–Trinajstić information content (AvgIpc) is 2.27. The van der Waals surface area contributed by atoms with Crippen LogP contribution < -0.4 is 4.74 Å². The molecule has 0 saturated carbocycles. The van der Waals surface area contributed by atoms with Gasteiger partial charge in [0.15, 0.2) is 0 Å². The molecule has 0 heterocycles. The van der Waals surface area contributed by atoms with Crippen molar-refractivity contribution in [3.8, 4) is 17.6 Å². The molecule has 2 nitrogen and oxygen atoms in total. The Morgan fingerprint density at radius 1 is 1.35 bits per heavy atom. The summed E-state index contributed by atoms with van der Waals surface area (Å²) in [5.74, 6) is 7.12. The van der Waals surface area contributed by atoms with Gasteiger partial charge < -0.3 is 9.64 Å². The summed E-state index contributed by atoms with van der Waals surface area (Å²) in [6, 6.07) is 5.93. The third-order valence-electron chi connectivity index (χ3n) is 2.29. The van der Waals surface area contributed by atoms with Crippen LogP contribution in [-0.2, 0) is 0 Å². The van der Waals surface area contributed by atoms with Gasteiger partial charge in [0.1, 0.15) is 12.4 Å². The molecule has 0 amide bonds. The number of halogens is 1. The van der Waals surface area contributed by atoms with E-state index in [0.29, 0.717) is 12.5 Å². The lowest BCUT2D eigenvalue weighted by molar-refractivity contribution is 0.261. The lowest BCUT2D eigenvalue weighted by atomic mass is 10.1. The van der Waals surface area contributed by atoms with E-state index in [9.17, 15) is 0 Å². The summed E-state index contributed by atoms with van der Waals surface area (Å²) >= 11 is 5.53. The lowest BCUT2D eigenvalue weighted by Crippen LogP contribution is -2.19. The molecule has 0 spiro atoms. The summed E-state index contributed by atoms with van der Waals surface area (Å²) in [6.45, 7) is 3.63. The van der Waals surface area contributed by atoms with Crippen LogP contribution in [0.1, 0.15) is 11.1 Å². The molecule has 0 saturated heterocycles. The molecule has 1 aromatic rings. The average molecular weight is 252 g/mol. The van der Waals surface area contributed by atoms with Crippen molar-refractivity contribution in [2.24, 2.45) is 0 Å². The highest BCUT2D eigenvalue weighted by molar-refractivity contribution is 6.19. The van der Waals surface area contributed by atoms with Crippen LogP contribution in [0.4, 0.5) is 0 Å². The molecule has 0 aliphatic carbocycles. The maximum absolute atomic E-state index is 5.64. The maximum Gasteiger partial charge on any atom is 0.119 e. The van der Waals surface area contributed by atoms with Crippen molar-refractivity contribution in [2.75, 3.05) is 33.1 Å². The van der Waals surface area contributed by atoms with E-state index in [1.165, 1.54) is 0 Å². The molecule has 0 unspecified atom stereocenters. The number of rotatable bonds is 4. The van der Waals surface area contributed by atoms with Gasteiger partial charge in [0, 0.05) is 12.1 Å². The first-order chi connectivity index (χ1) is 8.13. The van der Waals surface area contributed by atoms with Crippen molar-refractivity contribution < 1.29 is 4.74 Å². The zero-order chi connectivity index (χ0) is 12.7. The summed E-state index contributed by atoms with van der Waals surface area (Å²) in [5, 5.41) is 0. The van der Waals surface area contributed by atoms with Crippen LogP contribution in [0.2, 0.25) is 0 Å². The topological polar surface area (TPSA) is 12.5 Å². The van der Waals surface area contributed by atoms with Gasteiger partial charge in [-0.05, 0) is 44.8 Å². The van der Waals surface area contributed by atoms with E-state index >= 15 is 0 Å². The van der Waals surface area contributed by atoms with Gasteiger partial charge in [-0.3, -0.25) is 0 Å². The molecule has 1 rings (SSSR count). The van der Waals surface area contributed by atoms with E-state index in [1.807, 2.05) is 39.2 Å². The molecule has 92 valence electrons. The van der Waals surface area contributed by atoms with Crippen LogP contribution in [-0.4, -0.2) is 38.0 Å². The Bertz CT molecular complexity index is 418. The number of benzene rings is 1. The van der Waals surface area contributed by atoms with Gasteiger partial charge in [0.25, 0.3) is 0 Å². The van der Waals surface area contributed by atoms with Gasteiger partial charge in [0.05, 0.1) is 5.88 Å². The van der Waals surface area contributed by atoms with Gasteiger partial charge in [-0.15, -0.1) is 11.6 Å². The summed E-state index contributed by atoms with van der Waals surface area (Å²) in [5.41, 5.74) is 2.12. The Kier molecular flexibility index (Phi) is 5.90. The number of aryl methyl sites for hydroxylation is 1. The number of likely N-dealkylation sites (N-methyl/N-ethyl adjacent to an activating group) is 1. The number of nitrogens with zero attached hydrogens (tertiary/aromatic N) is 1. The Hall–Kier alpha value is -1.17. The molecule has 0 aliphatic heterocycles. The van der Waals surface area contributed by atoms with E-state index in [0.717, 1.165) is 23.4 Å². The van der Waals surface area contributed by atoms with E-state index < -0.39 is 0 Å². The zero-order valence-electron chi connectivity index (χ0n) is 10.6. The highest BCUT2D eigenvalue weighted by Crippen LogP contribution is 2.16.